The number of nitrogens with zero attached hydrogens (tertiary/aromatic N) is 1. The summed E-state index contributed by atoms with van der Waals surface area (Å²) in [7, 11) is 0. The molecule has 0 aliphatic carbocycles. The number of hydrogen-bond donors (Lipinski definition) is 1. The van der Waals surface area contributed by atoms with E-state index in [1.807, 2.05) is 13.8 Å². The normalized spacial score (nSPS) is 19.9. The molecule has 1 saturated heterocycles. The van der Waals surface area contributed by atoms with E-state index in [0.717, 1.165) is 38.8 Å². The summed E-state index contributed by atoms with van der Waals surface area (Å²) in [6, 6.07) is 0. The quantitative estimate of drug-likeness (QED) is 0.768. The third kappa shape index (κ3) is 4.35. The molecule has 0 amide bonds. The molecule has 1 heterocycles. The minimum atomic E-state index is -4.12. The van der Waals surface area contributed by atoms with E-state index in [9.17, 15) is 18.3 Å². The average Bonchev–Trinajstić information content (AvgIpc) is 2.84. The Bertz CT molecular complexity index is 258. The molecule has 1 atom stereocenters. The van der Waals surface area contributed by atoms with Crippen molar-refractivity contribution in [1.82, 2.24) is 4.90 Å². The highest BCUT2D eigenvalue weighted by molar-refractivity contribution is 4.96. The van der Waals surface area contributed by atoms with E-state index >= 15 is 0 Å². The Morgan fingerprint density at radius 3 is 2.05 bits per heavy atom. The van der Waals surface area contributed by atoms with Gasteiger partial charge in [-0.05, 0) is 51.6 Å². The predicted octanol–water partition coefficient (Wildman–Crippen LogP) is 3.73. The number of likely N-dealkylation sites (tertiary alicyclic amines) is 1. The number of alkyl halides is 3. The maximum Gasteiger partial charge on any atom is 0.389 e. The van der Waals surface area contributed by atoms with E-state index in [0.29, 0.717) is 0 Å². The molecule has 0 aromatic heterocycles. The van der Waals surface area contributed by atoms with Gasteiger partial charge in [-0.3, -0.25) is 4.90 Å². The minimum absolute atomic E-state index is 0.0141. The van der Waals surface area contributed by atoms with Gasteiger partial charge in [0.1, 0.15) is 0 Å². The Balaban J connectivity index is 2.59. The van der Waals surface area contributed by atoms with Crippen molar-refractivity contribution in [2.45, 2.75) is 76.6 Å². The Morgan fingerprint density at radius 2 is 1.63 bits per heavy atom. The highest BCUT2D eigenvalue weighted by Gasteiger charge is 2.41. The van der Waals surface area contributed by atoms with Gasteiger partial charge in [0.2, 0.25) is 0 Å². The first-order chi connectivity index (χ1) is 8.85. The average molecular weight is 281 g/mol. The van der Waals surface area contributed by atoms with E-state index < -0.39 is 18.7 Å². The van der Waals surface area contributed by atoms with E-state index in [2.05, 4.69) is 4.90 Å². The fourth-order valence-electron chi connectivity index (χ4n) is 3.31. The Hall–Kier alpha value is -0.290. The van der Waals surface area contributed by atoms with E-state index in [1.165, 1.54) is 0 Å². The molecular weight excluding hydrogens is 255 g/mol. The molecular formula is C14H26F3NO. The third-order valence-electron chi connectivity index (χ3n) is 4.52. The fraction of sp³-hybridized carbons (Fsp3) is 1.00. The summed E-state index contributed by atoms with van der Waals surface area (Å²) in [4.78, 5) is 2.28. The summed E-state index contributed by atoms with van der Waals surface area (Å²) in [5, 5.41) is 10.4. The highest BCUT2D eigenvalue weighted by Crippen LogP contribution is 2.34. The number of halogens is 3. The van der Waals surface area contributed by atoms with Crippen LogP contribution in [-0.2, 0) is 0 Å². The first-order valence-corrected chi connectivity index (χ1v) is 7.35. The van der Waals surface area contributed by atoms with Crippen LogP contribution in [0.5, 0.6) is 0 Å². The molecule has 19 heavy (non-hydrogen) atoms. The predicted molar refractivity (Wildman–Crippen MR) is 70.0 cm³/mol. The van der Waals surface area contributed by atoms with Crippen molar-refractivity contribution in [3.05, 3.63) is 0 Å². The van der Waals surface area contributed by atoms with Gasteiger partial charge in [0.15, 0.2) is 0 Å². The molecule has 114 valence electrons. The van der Waals surface area contributed by atoms with Gasteiger partial charge in [0.05, 0.1) is 6.10 Å². The molecule has 1 rings (SSSR count). The largest absolute Gasteiger partial charge is 0.391 e. The SMILES string of the molecule is CCC(CC)(C(O)CCCC(F)(F)F)N1CCCC1. The first-order valence-electron chi connectivity index (χ1n) is 7.35. The van der Waals surface area contributed by atoms with Crippen molar-refractivity contribution in [2.75, 3.05) is 13.1 Å². The Morgan fingerprint density at radius 1 is 1.11 bits per heavy atom. The smallest absolute Gasteiger partial charge is 0.389 e. The third-order valence-corrected chi connectivity index (χ3v) is 4.52. The molecule has 0 aromatic rings. The molecule has 1 N–H and O–H groups in total. The van der Waals surface area contributed by atoms with Gasteiger partial charge in [-0.2, -0.15) is 13.2 Å². The molecule has 1 unspecified atom stereocenters. The van der Waals surface area contributed by atoms with Crippen LogP contribution in [0.2, 0.25) is 0 Å². The molecule has 2 nitrogen and oxygen atoms in total. The van der Waals surface area contributed by atoms with Crippen molar-refractivity contribution in [1.29, 1.82) is 0 Å². The van der Waals surface area contributed by atoms with Gasteiger partial charge in [-0.1, -0.05) is 13.8 Å². The zero-order valence-corrected chi connectivity index (χ0v) is 12.0. The topological polar surface area (TPSA) is 23.5 Å². The zero-order chi connectivity index (χ0) is 14.5. The number of aliphatic hydroxyl groups is 1. The second-order valence-electron chi connectivity index (χ2n) is 5.53. The summed E-state index contributed by atoms with van der Waals surface area (Å²) < 4.78 is 36.5. The molecule has 1 aliphatic rings. The lowest BCUT2D eigenvalue weighted by molar-refractivity contribution is -0.138. The lowest BCUT2D eigenvalue weighted by atomic mass is 9.82. The van der Waals surface area contributed by atoms with Crippen LogP contribution in [0.4, 0.5) is 13.2 Å². The maximum absolute atomic E-state index is 12.2. The van der Waals surface area contributed by atoms with Gasteiger partial charge in [0.25, 0.3) is 0 Å². The molecule has 0 radical (unpaired) electrons. The second-order valence-corrected chi connectivity index (χ2v) is 5.53. The first kappa shape index (κ1) is 16.8. The summed E-state index contributed by atoms with van der Waals surface area (Å²) in [5.41, 5.74) is -0.331. The fourth-order valence-corrected chi connectivity index (χ4v) is 3.31. The Kier molecular flexibility index (Phi) is 6.12. The number of aliphatic hydroxyl groups excluding tert-OH is 1. The van der Waals surface area contributed by atoms with E-state index in [-0.39, 0.29) is 18.4 Å². The summed E-state index contributed by atoms with van der Waals surface area (Å²) in [6.07, 6.45) is -1.51. The highest BCUT2D eigenvalue weighted by atomic mass is 19.4. The lowest BCUT2D eigenvalue weighted by Gasteiger charge is -2.44. The van der Waals surface area contributed by atoms with Crippen molar-refractivity contribution in [2.24, 2.45) is 0 Å². The molecule has 5 heteroatoms. The van der Waals surface area contributed by atoms with Crippen LogP contribution in [0, 0.1) is 0 Å². The van der Waals surface area contributed by atoms with Crippen LogP contribution in [0.25, 0.3) is 0 Å². The van der Waals surface area contributed by atoms with Gasteiger partial charge >= 0.3 is 6.18 Å². The molecule has 0 saturated carbocycles. The standard InChI is InChI=1S/C14H26F3NO/c1-3-13(4-2,18-10-5-6-11-18)12(19)8-7-9-14(15,16)17/h12,19H,3-11H2,1-2H3. The van der Waals surface area contributed by atoms with Gasteiger partial charge in [0, 0.05) is 12.0 Å². The van der Waals surface area contributed by atoms with E-state index in [4.69, 9.17) is 0 Å². The Labute approximate surface area is 114 Å². The van der Waals surface area contributed by atoms with E-state index in [1.54, 1.807) is 0 Å². The maximum atomic E-state index is 12.2. The lowest BCUT2D eigenvalue weighted by Crippen LogP contribution is -2.55. The van der Waals surface area contributed by atoms with Crippen LogP contribution in [0.15, 0.2) is 0 Å². The van der Waals surface area contributed by atoms with Crippen molar-refractivity contribution >= 4 is 0 Å². The van der Waals surface area contributed by atoms with Crippen LogP contribution in [-0.4, -0.2) is 40.9 Å². The van der Waals surface area contributed by atoms with Crippen LogP contribution in [0.3, 0.4) is 0 Å². The van der Waals surface area contributed by atoms with Crippen molar-refractivity contribution in [3.8, 4) is 0 Å². The number of rotatable bonds is 7. The number of hydrogen-bond acceptors (Lipinski definition) is 2. The van der Waals surface area contributed by atoms with Crippen LogP contribution >= 0.6 is 0 Å². The molecule has 0 spiro atoms. The summed E-state index contributed by atoms with van der Waals surface area (Å²) in [5.74, 6) is 0. The minimum Gasteiger partial charge on any atom is -0.391 e. The van der Waals surface area contributed by atoms with Crippen LogP contribution in [0.1, 0.15) is 58.8 Å². The van der Waals surface area contributed by atoms with Crippen LogP contribution < -0.4 is 0 Å². The summed E-state index contributed by atoms with van der Waals surface area (Å²) in [6.45, 7) is 5.96. The second kappa shape index (κ2) is 6.93. The van der Waals surface area contributed by atoms with Gasteiger partial charge < -0.3 is 5.11 Å². The molecule has 0 aromatic carbocycles. The van der Waals surface area contributed by atoms with Crippen molar-refractivity contribution < 1.29 is 18.3 Å². The molecule has 1 aliphatic heterocycles. The van der Waals surface area contributed by atoms with Crippen molar-refractivity contribution in [3.63, 3.8) is 0 Å². The molecule has 1 fully saturated rings. The van der Waals surface area contributed by atoms with Gasteiger partial charge in [-0.25, -0.2) is 0 Å². The zero-order valence-electron chi connectivity index (χ0n) is 12.0. The van der Waals surface area contributed by atoms with Gasteiger partial charge in [-0.15, -0.1) is 0 Å². The monoisotopic (exact) mass is 281 g/mol. The summed E-state index contributed by atoms with van der Waals surface area (Å²) >= 11 is 0. The molecule has 0 bridgehead atoms.